The Hall–Kier alpha value is -3.51. The minimum absolute atomic E-state index is 0.0351. The second kappa shape index (κ2) is 11.5. The van der Waals surface area contributed by atoms with Crippen LogP contribution in [0.5, 0.6) is 11.5 Å². The number of hydrogen-bond donors (Lipinski definition) is 1. The van der Waals surface area contributed by atoms with Gasteiger partial charge >= 0.3 is 18.0 Å². The summed E-state index contributed by atoms with van der Waals surface area (Å²) in [5.74, 6) is -1.45. The lowest BCUT2D eigenvalue weighted by molar-refractivity contribution is -0.150. The number of hydrogen-bond acceptors (Lipinski definition) is 9. The van der Waals surface area contributed by atoms with Crippen LogP contribution in [-0.4, -0.2) is 55.7 Å². The largest absolute Gasteiger partial charge is 0.493 e. The smallest absolute Gasteiger partial charge is 0.373 e. The number of rotatable bonds is 9. The molecule has 1 aromatic heterocycles. The first-order valence-electron chi connectivity index (χ1n) is 10.5. The van der Waals surface area contributed by atoms with Gasteiger partial charge in [-0.2, -0.15) is 0 Å². The topological polar surface area (TPSA) is 134 Å². The minimum atomic E-state index is -0.960. The first-order chi connectivity index (χ1) is 17.1. The van der Waals surface area contributed by atoms with Gasteiger partial charge in [0.1, 0.15) is 16.5 Å². The van der Waals surface area contributed by atoms with Gasteiger partial charge in [0.05, 0.1) is 27.4 Å². The number of nitrogens with one attached hydrogen (secondary N) is 1. The van der Waals surface area contributed by atoms with E-state index in [1.54, 1.807) is 6.92 Å². The Labute approximate surface area is 219 Å². The number of halogens is 2. The summed E-state index contributed by atoms with van der Waals surface area (Å²) in [4.78, 5) is 49.8. The third kappa shape index (κ3) is 5.65. The van der Waals surface area contributed by atoms with Crippen LogP contribution >= 0.6 is 27.5 Å². The van der Waals surface area contributed by atoms with Crippen LogP contribution in [0.25, 0.3) is 6.08 Å². The third-order valence-corrected chi connectivity index (χ3v) is 6.36. The maximum Gasteiger partial charge on any atom is 0.373 e. The van der Waals surface area contributed by atoms with Crippen LogP contribution in [-0.2, 0) is 25.6 Å². The lowest BCUT2D eigenvalue weighted by Crippen LogP contribution is -2.30. The molecule has 0 saturated carbocycles. The van der Waals surface area contributed by atoms with E-state index in [1.807, 2.05) is 0 Å². The average Bonchev–Trinajstić information content (AvgIpc) is 3.43. The summed E-state index contributed by atoms with van der Waals surface area (Å²) in [6, 6.07) is 3.69. The highest BCUT2D eigenvalue weighted by Gasteiger charge is 2.35. The number of methoxy groups -OCH3 is 2. The minimum Gasteiger partial charge on any atom is -0.493 e. The van der Waals surface area contributed by atoms with Crippen LogP contribution < -0.4 is 14.8 Å². The lowest BCUT2D eigenvalue weighted by Gasteiger charge is -2.18. The molecule has 1 atom stereocenters. The van der Waals surface area contributed by atoms with Crippen molar-refractivity contribution in [2.24, 2.45) is 0 Å². The Morgan fingerprint density at radius 2 is 2.00 bits per heavy atom. The van der Waals surface area contributed by atoms with Crippen molar-refractivity contribution in [3.05, 3.63) is 50.5 Å². The van der Waals surface area contributed by atoms with Gasteiger partial charge in [0, 0.05) is 4.47 Å². The summed E-state index contributed by atoms with van der Waals surface area (Å²) in [6.07, 6.45) is 0.442. The molecule has 0 unspecified atom stereocenters. The van der Waals surface area contributed by atoms with Crippen LogP contribution in [0.2, 0.25) is 5.02 Å². The quantitative estimate of drug-likeness (QED) is 0.264. The molecule has 1 saturated heterocycles. The molecule has 1 aliphatic rings. The fourth-order valence-electron chi connectivity index (χ4n) is 3.16. The molecule has 11 nitrogen and oxygen atoms in total. The zero-order chi connectivity index (χ0) is 26.6. The van der Waals surface area contributed by atoms with Crippen molar-refractivity contribution >= 4 is 57.5 Å². The number of esters is 2. The van der Waals surface area contributed by atoms with Gasteiger partial charge in [-0.25, -0.2) is 14.4 Å². The van der Waals surface area contributed by atoms with Gasteiger partial charge in [0.15, 0.2) is 17.6 Å². The van der Waals surface area contributed by atoms with Gasteiger partial charge in [-0.1, -0.05) is 11.6 Å². The van der Waals surface area contributed by atoms with Crippen molar-refractivity contribution < 1.29 is 42.5 Å². The van der Waals surface area contributed by atoms with Gasteiger partial charge in [-0.3, -0.25) is 9.69 Å². The summed E-state index contributed by atoms with van der Waals surface area (Å²) in [5, 5.41) is 2.57. The van der Waals surface area contributed by atoms with Crippen LogP contribution in [0.4, 0.5) is 4.79 Å². The fraction of sp³-hybridized carbons (Fsp3) is 0.304. The highest BCUT2D eigenvalue weighted by Crippen LogP contribution is 2.44. The first-order valence-corrected chi connectivity index (χ1v) is 11.7. The van der Waals surface area contributed by atoms with E-state index in [9.17, 15) is 19.2 Å². The SMILES string of the molecule is CCOC(=O)[C@H](C)Oc1c(OC)cc(/C=C2\NC(=O)N(Cc3ccc(C(=O)OC)o3)C2=O)c(Br)c1Cl. The molecule has 3 rings (SSSR count). The Bertz CT molecular complexity index is 1240. The van der Waals surface area contributed by atoms with E-state index in [1.165, 1.54) is 45.4 Å². The number of amides is 3. The molecule has 2 aromatic rings. The van der Waals surface area contributed by atoms with Crippen molar-refractivity contribution in [1.82, 2.24) is 10.2 Å². The summed E-state index contributed by atoms with van der Waals surface area (Å²) in [5.41, 5.74) is 0.358. The molecule has 1 N–H and O–H groups in total. The molecule has 1 fully saturated rings. The molecule has 13 heteroatoms. The maximum atomic E-state index is 12.9. The molecule has 36 heavy (non-hydrogen) atoms. The number of ether oxygens (including phenoxy) is 4. The summed E-state index contributed by atoms with van der Waals surface area (Å²) < 4.78 is 26.2. The van der Waals surface area contributed by atoms with Gasteiger partial charge in [-0.05, 0) is 59.6 Å². The normalized spacial score (nSPS) is 15.1. The molecular weight excluding hydrogens is 564 g/mol. The third-order valence-electron chi connectivity index (χ3n) is 4.91. The van der Waals surface area contributed by atoms with E-state index >= 15 is 0 Å². The van der Waals surface area contributed by atoms with Gasteiger partial charge in [-0.15, -0.1) is 0 Å². The van der Waals surface area contributed by atoms with Crippen molar-refractivity contribution in [2.45, 2.75) is 26.5 Å². The number of furan rings is 1. The van der Waals surface area contributed by atoms with E-state index in [0.29, 0.717) is 10.0 Å². The Morgan fingerprint density at radius 1 is 1.28 bits per heavy atom. The van der Waals surface area contributed by atoms with E-state index in [-0.39, 0.29) is 46.9 Å². The second-order valence-corrected chi connectivity index (χ2v) is 8.45. The van der Waals surface area contributed by atoms with E-state index in [2.05, 4.69) is 26.0 Å². The van der Waals surface area contributed by atoms with Gasteiger partial charge in [0.25, 0.3) is 5.91 Å². The number of imide groups is 1. The standard InChI is InChI=1S/C23H22BrClN2O9/c1-5-34-21(29)11(2)35-19-16(32-3)9-12(17(24)18(19)25)8-14-20(28)27(23(31)26-14)10-13-6-7-15(36-13)22(30)33-4/h6-9,11H,5,10H2,1-4H3,(H,26,31)/b14-8-/t11-/m0/s1. The molecule has 0 spiro atoms. The number of benzene rings is 1. The molecule has 0 bridgehead atoms. The molecule has 192 valence electrons. The van der Waals surface area contributed by atoms with Crippen molar-refractivity contribution in [1.29, 1.82) is 0 Å². The number of nitrogens with zero attached hydrogens (tertiary/aromatic N) is 1. The molecule has 2 heterocycles. The van der Waals surface area contributed by atoms with Gasteiger partial charge < -0.3 is 28.7 Å². The molecule has 1 aliphatic heterocycles. The number of carbonyl (C=O) groups excluding carboxylic acids is 4. The molecule has 1 aromatic carbocycles. The van der Waals surface area contributed by atoms with Crippen LogP contribution in [0.3, 0.4) is 0 Å². The molecular formula is C23H22BrClN2O9. The van der Waals surface area contributed by atoms with Crippen LogP contribution in [0, 0.1) is 0 Å². The average molecular weight is 586 g/mol. The van der Waals surface area contributed by atoms with Crippen LogP contribution in [0.1, 0.15) is 35.7 Å². The summed E-state index contributed by atoms with van der Waals surface area (Å²) in [7, 11) is 2.59. The zero-order valence-electron chi connectivity index (χ0n) is 19.7. The predicted octanol–water partition coefficient (Wildman–Crippen LogP) is 3.91. The number of carbonyl (C=O) groups is 4. The summed E-state index contributed by atoms with van der Waals surface area (Å²) >= 11 is 9.83. The van der Waals surface area contributed by atoms with E-state index < -0.39 is 30.0 Å². The van der Waals surface area contributed by atoms with Gasteiger partial charge in [0.2, 0.25) is 5.76 Å². The highest BCUT2D eigenvalue weighted by molar-refractivity contribution is 9.10. The molecule has 0 aliphatic carbocycles. The lowest BCUT2D eigenvalue weighted by atomic mass is 10.1. The zero-order valence-corrected chi connectivity index (χ0v) is 22.0. The summed E-state index contributed by atoms with van der Waals surface area (Å²) in [6.45, 7) is 3.17. The first kappa shape index (κ1) is 27.1. The highest BCUT2D eigenvalue weighted by atomic mass is 79.9. The fourth-order valence-corrected chi connectivity index (χ4v) is 3.81. The maximum absolute atomic E-state index is 12.9. The second-order valence-electron chi connectivity index (χ2n) is 7.27. The Balaban J connectivity index is 1.86. The van der Waals surface area contributed by atoms with E-state index in [0.717, 1.165) is 4.90 Å². The number of urea groups is 1. The van der Waals surface area contributed by atoms with Crippen molar-refractivity contribution in [3.8, 4) is 11.5 Å². The van der Waals surface area contributed by atoms with Crippen molar-refractivity contribution in [3.63, 3.8) is 0 Å². The Kier molecular flexibility index (Phi) is 8.64. The monoisotopic (exact) mass is 584 g/mol. The van der Waals surface area contributed by atoms with Crippen molar-refractivity contribution in [2.75, 3.05) is 20.8 Å². The molecule has 0 radical (unpaired) electrons. The Morgan fingerprint density at radius 3 is 2.64 bits per heavy atom. The molecule has 3 amide bonds. The van der Waals surface area contributed by atoms with E-state index in [4.69, 9.17) is 30.2 Å². The predicted molar refractivity (Wildman–Crippen MR) is 130 cm³/mol. The van der Waals surface area contributed by atoms with Crippen LogP contribution in [0.15, 0.2) is 32.8 Å².